The van der Waals surface area contributed by atoms with E-state index in [1.54, 1.807) is 6.92 Å². The number of amides is 3. The van der Waals surface area contributed by atoms with Gasteiger partial charge in [0.15, 0.2) is 0 Å². The molecule has 1 N–H and O–H groups in total. The van der Waals surface area contributed by atoms with E-state index in [4.69, 9.17) is 4.52 Å². The Morgan fingerprint density at radius 2 is 1.74 bits per heavy atom. The van der Waals surface area contributed by atoms with Crippen LogP contribution in [0.5, 0.6) is 0 Å². The number of carbonyl (C=O) groups excluding carboxylic acids is 2. The molecular formula is C24H20N4O3. The Bertz CT molecular complexity index is 1310. The number of benzene rings is 3. The Hall–Kier alpha value is -4.00. The van der Waals surface area contributed by atoms with Gasteiger partial charge in [0.1, 0.15) is 12.1 Å². The molecule has 5 rings (SSSR count). The monoisotopic (exact) mass is 412 g/mol. The van der Waals surface area contributed by atoms with E-state index in [0.717, 1.165) is 32.4 Å². The Kier molecular flexibility index (Phi) is 4.32. The second kappa shape index (κ2) is 7.05. The smallest absolute Gasteiger partial charge is 0.325 e. The van der Waals surface area contributed by atoms with Gasteiger partial charge >= 0.3 is 6.03 Å². The predicted octanol–water partition coefficient (Wildman–Crippen LogP) is 4.17. The van der Waals surface area contributed by atoms with Crippen LogP contribution < -0.4 is 5.32 Å². The van der Waals surface area contributed by atoms with Gasteiger partial charge in [-0.2, -0.15) is 4.98 Å². The van der Waals surface area contributed by atoms with Crippen LogP contribution in [0.3, 0.4) is 0 Å². The van der Waals surface area contributed by atoms with Crippen LogP contribution in [0.2, 0.25) is 0 Å². The topological polar surface area (TPSA) is 88.3 Å². The number of rotatable bonds is 4. The molecule has 0 bridgehead atoms. The van der Waals surface area contributed by atoms with Crippen LogP contribution in [0.4, 0.5) is 4.79 Å². The lowest BCUT2D eigenvalue weighted by atomic mass is 9.90. The lowest BCUT2D eigenvalue weighted by Crippen LogP contribution is -2.40. The third-order valence-electron chi connectivity index (χ3n) is 5.67. The zero-order valence-electron chi connectivity index (χ0n) is 17.1. The summed E-state index contributed by atoms with van der Waals surface area (Å²) in [5.41, 5.74) is 1.48. The third kappa shape index (κ3) is 3.24. The minimum absolute atomic E-state index is 0.0906. The van der Waals surface area contributed by atoms with Crippen molar-refractivity contribution in [3.8, 4) is 11.4 Å². The van der Waals surface area contributed by atoms with Crippen molar-refractivity contribution in [1.29, 1.82) is 0 Å². The first-order valence-corrected chi connectivity index (χ1v) is 9.97. The van der Waals surface area contributed by atoms with Crippen LogP contribution in [0.1, 0.15) is 23.9 Å². The summed E-state index contributed by atoms with van der Waals surface area (Å²) in [6, 6.07) is 20.8. The van der Waals surface area contributed by atoms with Crippen molar-refractivity contribution < 1.29 is 14.1 Å². The Balaban J connectivity index is 1.40. The summed E-state index contributed by atoms with van der Waals surface area (Å²) < 4.78 is 5.30. The number of aromatic nitrogens is 2. The van der Waals surface area contributed by atoms with Gasteiger partial charge in [-0.3, -0.25) is 9.69 Å². The molecule has 2 heterocycles. The average molecular weight is 412 g/mol. The number of hydrogen-bond donors (Lipinski definition) is 1. The number of nitrogens with zero attached hydrogens (tertiary/aromatic N) is 3. The van der Waals surface area contributed by atoms with E-state index in [1.807, 2.05) is 73.7 Å². The van der Waals surface area contributed by atoms with Crippen LogP contribution in [0.25, 0.3) is 22.2 Å². The Labute approximate surface area is 178 Å². The van der Waals surface area contributed by atoms with Gasteiger partial charge in [-0.1, -0.05) is 71.4 Å². The van der Waals surface area contributed by atoms with Crippen LogP contribution in [-0.2, 0) is 16.9 Å². The molecule has 1 atom stereocenters. The standard InChI is InChI=1S/C24H20N4O3/c1-15-7-9-17(10-8-15)21-25-20(31-27-21)14-28-22(29)24(2,26-23(28)30)19-12-11-16-5-3-4-6-18(16)13-19/h3-13H,14H2,1-2H3,(H,26,30)/t24-/m1/s1. The molecule has 0 unspecified atom stereocenters. The van der Waals surface area contributed by atoms with E-state index < -0.39 is 11.6 Å². The molecule has 0 spiro atoms. The van der Waals surface area contributed by atoms with Crippen LogP contribution in [0.15, 0.2) is 71.3 Å². The molecular weight excluding hydrogens is 392 g/mol. The lowest BCUT2D eigenvalue weighted by molar-refractivity contribution is -0.131. The molecule has 4 aromatic rings. The SMILES string of the molecule is Cc1ccc(-c2noc(CN3C(=O)N[C@](C)(c4ccc5ccccc5c4)C3=O)n2)cc1. The molecule has 0 saturated carbocycles. The molecule has 1 aromatic heterocycles. The fourth-order valence-corrected chi connectivity index (χ4v) is 3.81. The van der Waals surface area contributed by atoms with E-state index in [2.05, 4.69) is 15.5 Å². The van der Waals surface area contributed by atoms with Crippen LogP contribution in [0, 0.1) is 6.92 Å². The normalized spacial score (nSPS) is 18.6. The number of nitrogens with one attached hydrogen (secondary N) is 1. The summed E-state index contributed by atoms with van der Waals surface area (Å²) >= 11 is 0. The number of urea groups is 1. The molecule has 31 heavy (non-hydrogen) atoms. The van der Waals surface area contributed by atoms with Crippen molar-refractivity contribution >= 4 is 22.7 Å². The van der Waals surface area contributed by atoms with Crippen LogP contribution in [-0.4, -0.2) is 27.0 Å². The van der Waals surface area contributed by atoms with Crippen molar-refractivity contribution in [3.05, 3.63) is 83.7 Å². The van der Waals surface area contributed by atoms with E-state index in [9.17, 15) is 9.59 Å². The largest absolute Gasteiger partial charge is 0.337 e. The molecule has 1 aliphatic heterocycles. The molecule has 0 aliphatic carbocycles. The first-order valence-electron chi connectivity index (χ1n) is 9.97. The lowest BCUT2D eigenvalue weighted by Gasteiger charge is -2.22. The second-order valence-corrected chi connectivity index (χ2v) is 7.89. The summed E-state index contributed by atoms with van der Waals surface area (Å²) in [7, 11) is 0. The second-order valence-electron chi connectivity index (χ2n) is 7.89. The van der Waals surface area contributed by atoms with Crippen molar-refractivity contribution in [2.24, 2.45) is 0 Å². The Morgan fingerprint density at radius 1 is 1.00 bits per heavy atom. The molecule has 1 aliphatic rings. The quantitative estimate of drug-likeness (QED) is 0.509. The minimum Gasteiger partial charge on any atom is -0.337 e. The first-order chi connectivity index (χ1) is 14.9. The van der Waals surface area contributed by atoms with E-state index in [0.29, 0.717) is 5.82 Å². The molecule has 154 valence electrons. The summed E-state index contributed by atoms with van der Waals surface area (Å²) in [6.45, 7) is 3.62. The van der Waals surface area contributed by atoms with E-state index >= 15 is 0 Å². The molecule has 7 heteroatoms. The fourth-order valence-electron chi connectivity index (χ4n) is 3.81. The van der Waals surface area contributed by atoms with Gasteiger partial charge in [0.05, 0.1) is 0 Å². The summed E-state index contributed by atoms with van der Waals surface area (Å²) in [5, 5.41) is 8.87. The molecule has 3 aromatic carbocycles. The predicted molar refractivity (Wildman–Crippen MR) is 115 cm³/mol. The van der Waals surface area contributed by atoms with Crippen molar-refractivity contribution in [2.75, 3.05) is 0 Å². The van der Waals surface area contributed by atoms with Gasteiger partial charge in [-0.05, 0) is 36.2 Å². The van der Waals surface area contributed by atoms with Gasteiger partial charge in [0.2, 0.25) is 11.7 Å². The third-order valence-corrected chi connectivity index (χ3v) is 5.67. The van der Waals surface area contributed by atoms with Gasteiger partial charge < -0.3 is 9.84 Å². The average Bonchev–Trinajstić information content (AvgIpc) is 3.33. The summed E-state index contributed by atoms with van der Waals surface area (Å²) in [5.74, 6) is 0.254. The Morgan fingerprint density at radius 3 is 2.52 bits per heavy atom. The van der Waals surface area contributed by atoms with Gasteiger partial charge in [-0.25, -0.2) is 4.79 Å². The van der Waals surface area contributed by atoms with E-state index in [1.165, 1.54) is 0 Å². The number of aryl methyl sites for hydroxylation is 1. The summed E-state index contributed by atoms with van der Waals surface area (Å²) in [4.78, 5) is 31.4. The highest BCUT2D eigenvalue weighted by Crippen LogP contribution is 2.32. The zero-order chi connectivity index (χ0) is 21.6. The molecule has 7 nitrogen and oxygen atoms in total. The molecule has 1 saturated heterocycles. The minimum atomic E-state index is -1.17. The number of fused-ring (bicyclic) bond motifs is 1. The van der Waals surface area contributed by atoms with E-state index in [-0.39, 0.29) is 18.3 Å². The number of imide groups is 1. The number of carbonyl (C=O) groups is 2. The maximum Gasteiger partial charge on any atom is 0.325 e. The van der Waals surface area contributed by atoms with Crippen molar-refractivity contribution in [3.63, 3.8) is 0 Å². The van der Waals surface area contributed by atoms with Gasteiger partial charge in [0.25, 0.3) is 5.91 Å². The van der Waals surface area contributed by atoms with Crippen LogP contribution >= 0.6 is 0 Å². The summed E-state index contributed by atoms with van der Waals surface area (Å²) in [6.07, 6.45) is 0. The highest BCUT2D eigenvalue weighted by Gasteiger charge is 2.49. The maximum atomic E-state index is 13.2. The number of hydrogen-bond acceptors (Lipinski definition) is 5. The van der Waals surface area contributed by atoms with Crippen molar-refractivity contribution in [2.45, 2.75) is 25.9 Å². The maximum absolute atomic E-state index is 13.2. The highest BCUT2D eigenvalue weighted by atomic mass is 16.5. The van der Waals surface area contributed by atoms with Gasteiger partial charge in [-0.15, -0.1) is 0 Å². The fraction of sp³-hybridized carbons (Fsp3) is 0.167. The molecule has 1 fully saturated rings. The zero-order valence-corrected chi connectivity index (χ0v) is 17.1. The molecule has 3 amide bonds. The highest BCUT2D eigenvalue weighted by molar-refractivity contribution is 6.07. The molecule has 0 radical (unpaired) electrons. The first kappa shape index (κ1) is 19.0. The van der Waals surface area contributed by atoms with Crippen molar-refractivity contribution in [1.82, 2.24) is 20.4 Å². The van der Waals surface area contributed by atoms with Gasteiger partial charge in [0, 0.05) is 5.56 Å².